The van der Waals surface area contributed by atoms with Gasteiger partial charge < -0.3 is 71.9 Å². The number of amides is 1. The minimum atomic E-state index is -1.36. The zero-order valence-corrected chi connectivity index (χ0v) is 24.6. The van der Waals surface area contributed by atoms with Gasteiger partial charge in [0.05, 0.1) is 30.4 Å². The van der Waals surface area contributed by atoms with Gasteiger partial charge >= 0.3 is 0 Å². The number of carbonyl (C=O) groups excluding carboxylic acids is 1. The number of hydrogen-bond acceptors (Lipinski definition) is 14. The number of aliphatic hydroxyl groups is 5. The van der Waals surface area contributed by atoms with Gasteiger partial charge in [-0.2, -0.15) is 0 Å². The van der Waals surface area contributed by atoms with Gasteiger partial charge in [0.15, 0.2) is 12.6 Å². The van der Waals surface area contributed by atoms with E-state index in [-0.39, 0.29) is 31.4 Å². The SMILES string of the molecule is C[C@]1(O)CO[C@H](O[C@@H]2[C@@H](O)[C@H](O[C@@H]3CCC=C(CNCC4(O)CC(N)C4)O3)[C@@H](N)C[C@H]2NC(=O)C(O)C2CNC2)[C@H](O)C1. The summed E-state index contributed by atoms with van der Waals surface area (Å²) in [4.78, 5) is 12.9. The van der Waals surface area contributed by atoms with Crippen molar-refractivity contribution in [2.45, 2.75) is 118 Å². The van der Waals surface area contributed by atoms with E-state index in [4.69, 9.17) is 30.4 Å². The maximum absolute atomic E-state index is 12.9. The molecule has 3 heterocycles. The summed E-state index contributed by atoms with van der Waals surface area (Å²) in [7, 11) is 0. The van der Waals surface area contributed by atoms with Gasteiger partial charge in [-0.15, -0.1) is 0 Å². The highest BCUT2D eigenvalue weighted by Crippen LogP contribution is 2.33. The summed E-state index contributed by atoms with van der Waals surface area (Å²) in [6, 6.07) is -1.53. The Morgan fingerprint density at radius 1 is 1.19 bits per heavy atom. The van der Waals surface area contributed by atoms with Crippen LogP contribution in [0.5, 0.6) is 0 Å². The molecule has 1 amide bonds. The number of allylic oxidation sites excluding steroid dienone is 1. The first kappa shape index (κ1) is 32.9. The molecule has 2 aliphatic carbocycles. The second kappa shape index (κ2) is 13.5. The van der Waals surface area contributed by atoms with Crippen molar-refractivity contribution in [2.24, 2.45) is 17.4 Å². The Labute approximate surface area is 251 Å². The average molecular weight is 616 g/mol. The topological polar surface area (TPSA) is 243 Å². The van der Waals surface area contributed by atoms with Crippen molar-refractivity contribution in [3.8, 4) is 0 Å². The molecule has 1 unspecified atom stereocenters. The van der Waals surface area contributed by atoms with Crippen molar-refractivity contribution in [3.63, 3.8) is 0 Å². The minimum Gasteiger partial charge on any atom is -0.468 e. The summed E-state index contributed by atoms with van der Waals surface area (Å²) in [6.07, 6.45) is -3.37. The van der Waals surface area contributed by atoms with Crippen LogP contribution in [-0.2, 0) is 23.7 Å². The molecule has 15 nitrogen and oxygen atoms in total. The summed E-state index contributed by atoms with van der Waals surface area (Å²) in [5.41, 5.74) is 10.2. The first-order chi connectivity index (χ1) is 20.3. The quantitative estimate of drug-likeness (QED) is 0.107. The van der Waals surface area contributed by atoms with Gasteiger partial charge in [0.2, 0.25) is 5.91 Å². The van der Waals surface area contributed by atoms with E-state index >= 15 is 0 Å². The molecular weight excluding hydrogens is 566 g/mol. The zero-order valence-electron chi connectivity index (χ0n) is 24.6. The molecule has 0 radical (unpaired) electrons. The van der Waals surface area contributed by atoms with Crippen LogP contribution >= 0.6 is 0 Å². The summed E-state index contributed by atoms with van der Waals surface area (Å²) >= 11 is 0. The van der Waals surface area contributed by atoms with Crippen LogP contribution in [0.25, 0.3) is 0 Å². The molecule has 5 aliphatic rings. The van der Waals surface area contributed by atoms with E-state index in [1.54, 1.807) is 0 Å². The van der Waals surface area contributed by atoms with Crippen LogP contribution < -0.4 is 27.4 Å². The Balaban J connectivity index is 1.21. The van der Waals surface area contributed by atoms with Crippen molar-refractivity contribution in [2.75, 3.05) is 32.8 Å². The third kappa shape index (κ3) is 8.04. The van der Waals surface area contributed by atoms with Gasteiger partial charge in [-0.1, -0.05) is 0 Å². The second-order valence-corrected chi connectivity index (χ2v) is 13.3. The van der Waals surface area contributed by atoms with Crippen LogP contribution in [0.4, 0.5) is 0 Å². The highest BCUT2D eigenvalue weighted by Gasteiger charge is 2.49. The van der Waals surface area contributed by atoms with Crippen molar-refractivity contribution < 1.29 is 49.3 Å². The van der Waals surface area contributed by atoms with Crippen molar-refractivity contribution in [3.05, 3.63) is 11.8 Å². The molecule has 4 fully saturated rings. The second-order valence-electron chi connectivity index (χ2n) is 13.3. The van der Waals surface area contributed by atoms with Gasteiger partial charge in [0.25, 0.3) is 0 Å². The molecule has 246 valence electrons. The standard InChI is InChI=1S/C28H49N5O10/c1-27(38)8-19(34)26(40-13-27)43-24-18(33-25(37)21(35)14-9-31-10-14)5-17(30)23(22(24)36)42-20-4-2-3-16(41-20)11-32-12-28(39)6-15(29)7-28/h3,14-15,17-24,26,31-32,34-36,38-39H,2,4-13,29-30H2,1H3,(H,33,37)/t15?,17-,18+,19+,20+,21?,22-,23+,24-,26+,27+,28?/m0/s1. The maximum Gasteiger partial charge on any atom is 0.249 e. The van der Waals surface area contributed by atoms with Gasteiger partial charge in [-0.05, 0) is 38.7 Å². The number of carbonyl (C=O) groups is 1. The molecule has 0 aromatic carbocycles. The lowest BCUT2D eigenvalue weighted by Gasteiger charge is -2.47. The lowest BCUT2D eigenvalue weighted by atomic mass is 9.76. The molecule has 2 saturated carbocycles. The van der Waals surface area contributed by atoms with Crippen LogP contribution in [0.3, 0.4) is 0 Å². The summed E-state index contributed by atoms with van der Waals surface area (Å²) < 4.78 is 23.9. The van der Waals surface area contributed by atoms with E-state index in [0.29, 0.717) is 57.6 Å². The van der Waals surface area contributed by atoms with Crippen molar-refractivity contribution in [1.29, 1.82) is 0 Å². The van der Waals surface area contributed by atoms with E-state index in [9.17, 15) is 30.3 Å². The maximum atomic E-state index is 12.9. The number of ether oxygens (including phenoxy) is 4. The largest absolute Gasteiger partial charge is 0.468 e. The van der Waals surface area contributed by atoms with Crippen LogP contribution in [-0.4, -0.2) is 137 Å². The van der Waals surface area contributed by atoms with E-state index in [1.807, 2.05) is 6.08 Å². The summed E-state index contributed by atoms with van der Waals surface area (Å²) in [6.45, 7) is 3.25. The van der Waals surface area contributed by atoms with E-state index in [0.717, 1.165) is 0 Å². The third-order valence-corrected chi connectivity index (χ3v) is 9.09. The Hall–Kier alpha value is -1.47. The van der Waals surface area contributed by atoms with Crippen LogP contribution in [0, 0.1) is 5.92 Å². The lowest BCUT2D eigenvalue weighted by molar-refractivity contribution is -0.297. The number of hydrogen-bond donors (Lipinski definition) is 10. The zero-order chi connectivity index (χ0) is 30.9. The fourth-order valence-electron chi connectivity index (χ4n) is 6.54. The molecule has 3 aliphatic heterocycles. The predicted octanol–water partition coefficient (Wildman–Crippen LogP) is -3.77. The van der Waals surface area contributed by atoms with Crippen LogP contribution in [0.1, 0.15) is 45.4 Å². The Kier molecular flexibility index (Phi) is 10.3. The van der Waals surface area contributed by atoms with Crippen LogP contribution in [0.2, 0.25) is 0 Å². The Morgan fingerprint density at radius 3 is 2.58 bits per heavy atom. The van der Waals surface area contributed by atoms with Gasteiger partial charge in [-0.25, -0.2) is 0 Å². The molecule has 0 spiro atoms. The Bertz CT molecular complexity index is 993. The molecule has 0 aromatic rings. The first-order valence-corrected chi connectivity index (χ1v) is 15.3. The molecule has 12 N–H and O–H groups in total. The first-order valence-electron chi connectivity index (χ1n) is 15.3. The number of aliphatic hydroxyl groups excluding tert-OH is 3. The monoisotopic (exact) mass is 615 g/mol. The van der Waals surface area contributed by atoms with E-state index in [2.05, 4.69) is 16.0 Å². The number of rotatable bonds is 11. The number of nitrogens with two attached hydrogens (primary N) is 2. The molecule has 5 rings (SSSR count). The summed E-state index contributed by atoms with van der Waals surface area (Å²) in [5.74, 6) is -0.188. The molecular formula is C28H49N5O10. The highest BCUT2D eigenvalue weighted by atomic mass is 16.7. The van der Waals surface area contributed by atoms with Crippen LogP contribution in [0.15, 0.2) is 11.8 Å². The fraction of sp³-hybridized carbons (Fsp3) is 0.893. The van der Waals surface area contributed by atoms with Crippen molar-refractivity contribution in [1.82, 2.24) is 16.0 Å². The summed E-state index contributed by atoms with van der Waals surface area (Å²) in [5, 5.41) is 62.3. The van der Waals surface area contributed by atoms with E-state index in [1.165, 1.54) is 6.92 Å². The normalized spacial score (nSPS) is 44.4. The van der Waals surface area contributed by atoms with Gasteiger partial charge in [0, 0.05) is 50.5 Å². The van der Waals surface area contributed by atoms with Crippen molar-refractivity contribution >= 4 is 5.91 Å². The smallest absolute Gasteiger partial charge is 0.249 e. The molecule has 2 saturated heterocycles. The minimum absolute atomic E-state index is 0.00634. The number of nitrogens with one attached hydrogen (secondary N) is 3. The van der Waals surface area contributed by atoms with E-state index < -0.39 is 72.3 Å². The van der Waals surface area contributed by atoms with Gasteiger partial charge in [-0.3, -0.25) is 4.79 Å². The highest BCUT2D eigenvalue weighted by molar-refractivity contribution is 5.81. The Morgan fingerprint density at radius 2 is 1.93 bits per heavy atom. The molecule has 0 bridgehead atoms. The third-order valence-electron chi connectivity index (χ3n) is 9.09. The molecule has 43 heavy (non-hydrogen) atoms. The van der Waals surface area contributed by atoms with Gasteiger partial charge in [0.1, 0.15) is 36.3 Å². The predicted molar refractivity (Wildman–Crippen MR) is 151 cm³/mol. The average Bonchev–Trinajstić information content (AvgIpc) is 2.88. The fourth-order valence-corrected chi connectivity index (χ4v) is 6.54. The molecule has 10 atom stereocenters. The molecule has 0 aromatic heterocycles. The molecule has 15 heteroatoms. The lowest BCUT2D eigenvalue weighted by Crippen LogP contribution is -2.67.